The Hall–Kier alpha value is -0.850. The van der Waals surface area contributed by atoms with Gasteiger partial charge in [-0.2, -0.15) is 0 Å². The predicted octanol–water partition coefficient (Wildman–Crippen LogP) is 3.76. The molecule has 0 aliphatic heterocycles. The summed E-state index contributed by atoms with van der Waals surface area (Å²) in [5.41, 5.74) is 2.42. The Morgan fingerprint density at radius 3 is 2.62 bits per heavy atom. The van der Waals surface area contributed by atoms with E-state index in [2.05, 4.69) is 32.9 Å². The predicted molar refractivity (Wildman–Crippen MR) is 67.1 cm³/mol. The van der Waals surface area contributed by atoms with Crippen LogP contribution in [0, 0.1) is 23.7 Å². The van der Waals surface area contributed by atoms with E-state index in [4.69, 9.17) is 0 Å². The summed E-state index contributed by atoms with van der Waals surface area (Å²) < 4.78 is 0. The van der Waals surface area contributed by atoms with E-state index in [0.29, 0.717) is 23.5 Å². The highest BCUT2D eigenvalue weighted by molar-refractivity contribution is 5.96. The first-order valence-electron chi connectivity index (χ1n) is 6.39. The maximum Gasteiger partial charge on any atom is 0.158 e. The van der Waals surface area contributed by atoms with Gasteiger partial charge in [0.05, 0.1) is 0 Å². The Bertz CT molecular complexity index is 360. The van der Waals surface area contributed by atoms with Crippen LogP contribution in [-0.4, -0.2) is 5.78 Å². The van der Waals surface area contributed by atoms with Gasteiger partial charge in [-0.3, -0.25) is 4.79 Å². The second-order valence-corrected chi connectivity index (χ2v) is 5.75. The third-order valence-corrected chi connectivity index (χ3v) is 4.40. The molecule has 2 rings (SSSR count). The van der Waals surface area contributed by atoms with Gasteiger partial charge in [-0.1, -0.05) is 31.6 Å². The Labute approximate surface area is 98.6 Å². The average molecular weight is 218 g/mol. The number of allylic oxidation sites excluding steroid dienone is 4. The van der Waals surface area contributed by atoms with Gasteiger partial charge >= 0.3 is 0 Å². The molecular formula is C15H22O. The molecule has 2 aliphatic rings. The minimum atomic E-state index is 0.346. The van der Waals surface area contributed by atoms with E-state index < -0.39 is 0 Å². The summed E-state index contributed by atoms with van der Waals surface area (Å²) in [7, 11) is 0. The summed E-state index contributed by atoms with van der Waals surface area (Å²) in [6.45, 7) is 8.77. The van der Waals surface area contributed by atoms with E-state index in [-0.39, 0.29) is 0 Å². The number of Topliss-reactive ketones (excluding diaryl/α,β-unsaturated/α-hetero) is 1. The summed E-state index contributed by atoms with van der Waals surface area (Å²) in [4.78, 5) is 11.8. The van der Waals surface area contributed by atoms with Gasteiger partial charge in [0.25, 0.3) is 0 Å². The van der Waals surface area contributed by atoms with Crippen LogP contribution in [-0.2, 0) is 4.79 Å². The fourth-order valence-corrected chi connectivity index (χ4v) is 3.23. The van der Waals surface area contributed by atoms with Gasteiger partial charge in [0, 0.05) is 6.42 Å². The van der Waals surface area contributed by atoms with Crippen LogP contribution in [0.2, 0.25) is 0 Å². The van der Waals surface area contributed by atoms with Gasteiger partial charge < -0.3 is 0 Å². The van der Waals surface area contributed by atoms with Crippen molar-refractivity contribution in [3.8, 4) is 0 Å². The van der Waals surface area contributed by atoms with Gasteiger partial charge in [0.1, 0.15) is 0 Å². The zero-order valence-corrected chi connectivity index (χ0v) is 10.8. The van der Waals surface area contributed by atoms with Gasteiger partial charge in [0.15, 0.2) is 5.78 Å². The third-order valence-electron chi connectivity index (χ3n) is 4.40. The van der Waals surface area contributed by atoms with E-state index >= 15 is 0 Å². The molecule has 1 nitrogen and oxygen atoms in total. The average Bonchev–Trinajstić information content (AvgIpc) is 2.21. The van der Waals surface area contributed by atoms with Crippen molar-refractivity contribution in [3.63, 3.8) is 0 Å². The standard InChI is InChI=1S/C15H22O/c1-9(2)12-6-5-10(3)13-8-15(16)11(4)7-14(12)13/h5,7,9,12-14H,6,8H2,1-4H3/t12-,13-,14+/m1/s1. The maximum absolute atomic E-state index is 11.8. The van der Waals surface area contributed by atoms with E-state index in [9.17, 15) is 4.79 Å². The molecule has 0 aromatic rings. The highest BCUT2D eigenvalue weighted by atomic mass is 16.1. The van der Waals surface area contributed by atoms with E-state index in [1.165, 1.54) is 12.0 Å². The number of ketones is 1. The van der Waals surface area contributed by atoms with Gasteiger partial charge in [-0.05, 0) is 49.5 Å². The highest BCUT2D eigenvalue weighted by Crippen LogP contribution is 2.44. The molecule has 0 saturated heterocycles. The molecule has 0 amide bonds. The lowest BCUT2D eigenvalue weighted by Crippen LogP contribution is -2.34. The van der Waals surface area contributed by atoms with Crippen LogP contribution in [0.25, 0.3) is 0 Å². The lowest BCUT2D eigenvalue weighted by molar-refractivity contribution is -0.117. The van der Waals surface area contributed by atoms with Crippen molar-refractivity contribution in [1.82, 2.24) is 0 Å². The second kappa shape index (κ2) is 4.20. The largest absolute Gasteiger partial charge is 0.295 e. The van der Waals surface area contributed by atoms with Crippen LogP contribution in [0.15, 0.2) is 23.3 Å². The molecule has 16 heavy (non-hydrogen) atoms. The quantitative estimate of drug-likeness (QED) is 0.612. The molecule has 0 aromatic heterocycles. The first kappa shape index (κ1) is 11.6. The van der Waals surface area contributed by atoms with Crippen molar-refractivity contribution in [2.75, 3.05) is 0 Å². The number of carbonyl (C=O) groups is 1. The lowest BCUT2D eigenvalue weighted by atomic mass is 9.64. The van der Waals surface area contributed by atoms with Crippen molar-refractivity contribution >= 4 is 5.78 Å². The molecule has 2 aliphatic carbocycles. The van der Waals surface area contributed by atoms with Crippen molar-refractivity contribution < 1.29 is 4.79 Å². The molecule has 0 aromatic carbocycles. The normalized spacial score (nSPS) is 34.6. The zero-order valence-electron chi connectivity index (χ0n) is 10.8. The smallest absolute Gasteiger partial charge is 0.158 e. The number of fused-ring (bicyclic) bond motifs is 1. The minimum absolute atomic E-state index is 0.346. The lowest BCUT2D eigenvalue weighted by Gasteiger charge is -2.40. The van der Waals surface area contributed by atoms with E-state index in [1.54, 1.807) is 0 Å². The third kappa shape index (κ3) is 1.88. The molecule has 0 spiro atoms. The van der Waals surface area contributed by atoms with Crippen molar-refractivity contribution in [2.45, 2.75) is 40.5 Å². The van der Waals surface area contributed by atoms with Crippen molar-refractivity contribution in [3.05, 3.63) is 23.3 Å². The summed E-state index contributed by atoms with van der Waals surface area (Å²) in [6, 6.07) is 0. The molecule has 0 unspecified atom stereocenters. The molecule has 88 valence electrons. The molecule has 0 fully saturated rings. The first-order chi connectivity index (χ1) is 7.50. The number of carbonyl (C=O) groups excluding carboxylic acids is 1. The van der Waals surface area contributed by atoms with Crippen LogP contribution in [0.5, 0.6) is 0 Å². The van der Waals surface area contributed by atoms with Gasteiger partial charge in [-0.25, -0.2) is 0 Å². The topological polar surface area (TPSA) is 17.1 Å². The summed E-state index contributed by atoms with van der Waals surface area (Å²) >= 11 is 0. The molecule has 3 atom stereocenters. The Morgan fingerprint density at radius 2 is 2.00 bits per heavy atom. The molecule has 0 heterocycles. The Morgan fingerprint density at radius 1 is 1.31 bits per heavy atom. The highest BCUT2D eigenvalue weighted by Gasteiger charge is 2.37. The summed E-state index contributed by atoms with van der Waals surface area (Å²) in [5, 5.41) is 0. The zero-order chi connectivity index (χ0) is 11.9. The molecule has 0 N–H and O–H groups in total. The summed E-state index contributed by atoms with van der Waals surface area (Å²) in [5.74, 6) is 2.85. The summed E-state index contributed by atoms with van der Waals surface area (Å²) in [6.07, 6.45) is 6.52. The second-order valence-electron chi connectivity index (χ2n) is 5.75. The van der Waals surface area contributed by atoms with Gasteiger partial charge in [0.2, 0.25) is 0 Å². The fourth-order valence-electron chi connectivity index (χ4n) is 3.23. The monoisotopic (exact) mass is 218 g/mol. The molecular weight excluding hydrogens is 196 g/mol. The number of rotatable bonds is 1. The van der Waals surface area contributed by atoms with Crippen molar-refractivity contribution in [1.29, 1.82) is 0 Å². The number of hydrogen-bond acceptors (Lipinski definition) is 1. The fraction of sp³-hybridized carbons (Fsp3) is 0.667. The number of hydrogen-bond donors (Lipinski definition) is 0. The van der Waals surface area contributed by atoms with Crippen LogP contribution in [0.1, 0.15) is 40.5 Å². The Balaban J connectivity index is 2.35. The van der Waals surface area contributed by atoms with Crippen LogP contribution < -0.4 is 0 Å². The van der Waals surface area contributed by atoms with Crippen LogP contribution >= 0.6 is 0 Å². The van der Waals surface area contributed by atoms with Crippen LogP contribution in [0.3, 0.4) is 0 Å². The maximum atomic E-state index is 11.8. The van der Waals surface area contributed by atoms with Crippen LogP contribution in [0.4, 0.5) is 0 Å². The van der Waals surface area contributed by atoms with E-state index in [1.807, 2.05) is 6.92 Å². The molecule has 0 bridgehead atoms. The molecule has 0 radical (unpaired) electrons. The first-order valence-corrected chi connectivity index (χ1v) is 6.39. The van der Waals surface area contributed by atoms with Crippen molar-refractivity contribution in [2.24, 2.45) is 23.7 Å². The molecule has 0 saturated carbocycles. The Kier molecular flexibility index (Phi) is 3.05. The SMILES string of the molecule is CC1=C[C@@H]2[C@H](CC1=O)C(C)=CC[C@@H]2C(C)C. The van der Waals surface area contributed by atoms with Gasteiger partial charge in [-0.15, -0.1) is 0 Å². The molecule has 1 heteroatoms. The van der Waals surface area contributed by atoms with E-state index in [0.717, 1.165) is 17.9 Å². The minimum Gasteiger partial charge on any atom is -0.295 e.